The number of rotatable bonds is 5. The lowest BCUT2D eigenvalue weighted by Crippen LogP contribution is -2.37. The Morgan fingerprint density at radius 2 is 2.05 bits per heavy atom. The SMILES string of the molecule is CNCc1ccc(S(=O)(=O)NC2CCC(C)C2C)nc1. The zero-order chi connectivity index (χ0) is 14.8. The van der Waals surface area contributed by atoms with Crippen LogP contribution < -0.4 is 10.0 Å². The Hall–Kier alpha value is -0.980. The number of nitrogens with one attached hydrogen (secondary N) is 2. The largest absolute Gasteiger partial charge is 0.316 e. The van der Waals surface area contributed by atoms with Crippen LogP contribution in [0.15, 0.2) is 23.4 Å². The average Bonchev–Trinajstić information content (AvgIpc) is 2.71. The molecule has 1 aromatic heterocycles. The molecule has 1 saturated carbocycles. The highest BCUT2D eigenvalue weighted by atomic mass is 32.2. The third-order valence-electron chi connectivity index (χ3n) is 4.23. The Morgan fingerprint density at radius 3 is 2.55 bits per heavy atom. The van der Waals surface area contributed by atoms with Crippen LogP contribution in [0.5, 0.6) is 0 Å². The van der Waals surface area contributed by atoms with Gasteiger partial charge in [0.15, 0.2) is 5.03 Å². The van der Waals surface area contributed by atoms with Gasteiger partial charge in [-0.2, -0.15) is 0 Å². The Kier molecular flexibility index (Phi) is 4.78. The molecule has 0 bridgehead atoms. The van der Waals surface area contributed by atoms with Crippen molar-refractivity contribution in [3.8, 4) is 0 Å². The number of nitrogens with zero attached hydrogens (tertiary/aromatic N) is 1. The minimum Gasteiger partial charge on any atom is -0.316 e. The van der Waals surface area contributed by atoms with Crippen molar-refractivity contribution < 1.29 is 8.42 Å². The van der Waals surface area contributed by atoms with E-state index < -0.39 is 10.0 Å². The average molecular weight is 297 g/mol. The number of pyridine rings is 1. The van der Waals surface area contributed by atoms with Gasteiger partial charge in [-0.1, -0.05) is 19.9 Å². The first-order valence-electron chi connectivity index (χ1n) is 7.06. The lowest BCUT2D eigenvalue weighted by molar-refractivity contribution is 0.402. The van der Waals surface area contributed by atoms with Crippen LogP contribution >= 0.6 is 0 Å². The molecular weight excluding hydrogens is 274 g/mol. The molecule has 5 nitrogen and oxygen atoms in total. The molecule has 0 spiro atoms. The third kappa shape index (κ3) is 3.37. The van der Waals surface area contributed by atoms with Crippen molar-refractivity contribution in [3.63, 3.8) is 0 Å². The van der Waals surface area contributed by atoms with Crippen molar-refractivity contribution in [2.45, 2.75) is 44.3 Å². The van der Waals surface area contributed by atoms with Gasteiger partial charge >= 0.3 is 0 Å². The highest BCUT2D eigenvalue weighted by Crippen LogP contribution is 2.31. The maximum Gasteiger partial charge on any atom is 0.258 e. The summed E-state index contributed by atoms with van der Waals surface area (Å²) in [6.45, 7) is 4.95. The highest BCUT2D eigenvalue weighted by Gasteiger charge is 2.33. The van der Waals surface area contributed by atoms with Crippen LogP contribution in [-0.4, -0.2) is 26.5 Å². The molecule has 1 aliphatic carbocycles. The second-order valence-electron chi connectivity index (χ2n) is 5.68. The maximum atomic E-state index is 12.3. The van der Waals surface area contributed by atoms with Crippen LogP contribution in [0.3, 0.4) is 0 Å². The molecule has 0 amide bonds. The van der Waals surface area contributed by atoms with Crippen molar-refractivity contribution in [3.05, 3.63) is 23.9 Å². The van der Waals surface area contributed by atoms with E-state index >= 15 is 0 Å². The first-order valence-corrected chi connectivity index (χ1v) is 8.54. The van der Waals surface area contributed by atoms with E-state index in [0.717, 1.165) is 18.4 Å². The molecule has 0 aromatic carbocycles. The van der Waals surface area contributed by atoms with Gasteiger partial charge in [0.2, 0.25) is 0 Å². The van der Waals surface area contributed by atoms with E-state index in [0.29, 0.717) is 18.4 Å². The predicted octanol–water partition coefficient (Wildman–Crippen LogP) is 1.51. The molecule has 1 aromatic rings. The summed E-state index contributed by atoms with van der Waals surface area (Å²) < 4.78 is 27.4. The van der Waals surface area contributed by atoms with E-state index in [1.807, 2.05) is 7.05 Å². The minimum atomic E-state index is -3.51. The molecule has 3 unspecified atom stereocenters. The normalized spacial score (nSPS) is 26.9. The lowest BCUT2D eigenvalue weighted by Gasteiger charge is -2.19. The molecule has 20 heavy (non-hydrogen) atoms. The summed E-state index contributed by atoms with van der Waals surface area (Å²) in [5, 5.41) is 3.11. The zero-order valence-electron chi connectivity index (χ0n) is 12.3. The van der Waals surface area contributed by atoms with E-state index in [1.165, 1.54) is 0 Å². The molecule has 2 rings (SSSR count). The molecule has 1 fully saturated rings. The highest BCUT2D eigenvalue weighted by molar-refractivity contribution is 7.89. The van der Waals surface area contributed by atoms with Gasteiger partial charge in [-0.25, -0.2) is 18.1 Å². The first kappa shape index (κ1) is 15.4. The first-order chi connectivity index (χ1) is 9.44. The second kappa shape index (κ2) is 6.20. The van der Waals surface area contributed by atoms with Gasteiger partial charge in [0.1, 0.15) is 0 Å². The summed E-state index contributed by atoms with van der Waals surface area (Å²) >= 11 is 0. The summed E-state index contributed by atoms with van der Waals surface area (Å²) in [6.07, 6.45) is 3.58. The van der Waals surface area contributed by atoms with E-state index in [2.05, 4.69) is 28.9 Å². The van der Waals surface area contributed by atoms with Crippen molar-refractivity contribution in [1.29, 1.82) is 0 Å². The van der Waals surface area contributed by atoms with Crippen LogP contribution in [0.4, 0.5) is 0 Å². The van der Waals surface area contributed by atoms with E-state index in [9.17, 15) is 8.42 Å². The monoisotopic (exact) mass is 297 g/mol. The fourth-order valence-corrected chi connectivity index (χ4v) is 3.96. The summed E-state index contributed by atoms with van der Waals surface area (Å²) in [5.74, 6) is 0.932. The van der Waals surface area contributed by atoms with Gasteiger partial charge in [0, 0.05) is 18.8 Å². The zero-order valence-corrected chi connectivity index (χ0v) is 13.1. The van der Waals surface area contributed by atoms with Gasteiger partial charge in [-0.3, -0.25) is 0 Å². The molecule has 112 valence electrons. The van der Waals surface area contributed by atoms with Gasteiger partial charge in [0.25, 0.3) is 10.0 Å². The lowest BCUT2D eigenvalue weighted by atomic mass is 9.98. The predicted molar refractivity (Wildman–Crippen MR) is 78.7 cm³/mol. The van der Waals surface area contributed by atoms with Gasteiger partial charge in [0.05, 0.1) is 0 Å². The molecule has 0 saturated heterocycles. The standard InChI is InChI=1S/C14H23N3O2S/c1-10-4-6-13(11(10)2)17-20(18,19)14-7-5-12(8-15-3)9-16-14/h5,7,9-11,13,15,17H,4,6,8H2,1-3H3. The summed E-state index contributed by atoms with van der Waals surface area (Å²) in [7, 11) is -1.67. The molecule has 2 N–H and O–H groups in total. The topological polar surface area (TPSA) is 71.1 Å². The smallest absolute Gasteiger partial charge is 0.258 e. The Labute approximate surface area is 121 Å². The second-order valence-corrected chi connectivity index (χ2v) is 7.34. The van der Waals surface area contributed by atoms with Crippen LogP contribution in [-0.2, 0) is 16.6 Å². The number of hydrogen-bond acceptors (Lipinski definition) is 4. The van der Waals surface area contributed by atoms with Crippen LogP contribution in [0.25, 0.3) is 0 Å². The van der Waals surface area contributed by atoms with Gasteiger partial charge in [-0.05, 0) is 43.4 Å². The van der Waals surface area contributed by atoms with Gasteiger partial charge in [-0.15, -0.1) is 0 Å². The van der Waals surface area contributed by atoms with Crippen molar-refractivity contribution in [2.75, 3.05) is 7.05 Å². The van der Waals surface area contributed by atoms with E-state index in [4.69, 9.17) is 0 Å². The maximum absolute atomic E-state index is 12.3. The summed E-state index contributed by atoms with van der Waals surface area (Å²) in [4.78, 5) is 4.06. The Bertz CT molecular complexity index is 542. The molecule has 0 aliphatic heterocycles. The molecule has 6 heteroatoms. The van der Waals surface area contributed by atoms with Crippen molar-refractivity contribution in [1.82, 2.24) is 15.0 Å². The molecule has 1 aliphatic rings. The molecule has 1 heterocycles. The fraction of sp³-hybridized carbons (Fsp3) is 0.643. The number of sulfonamides is 1. The fourth-order valence-electron chi connectivity index (χ4n) is 2.67. The summed E-state index contributed by atoms with van der Waals surface area (Å²) in [6, 6.07) is 3.38. The van der Waals surface area contributed by atoms with E-state index in [1.54, 1.807) is 18.3 Å². The Morgan fingerprint density at radius 1 is 1.30 bits per heavy atom. The number of aromatic nitrogens is 1. The molecule has 3 atom stereocenters. The molecular formula is C14H23N3O2S. The third-order valence-corrected chi connectivity index (χ3v) is 5.63. The van der Waals surface area contributed by atoms with Crippen molar-refractivity contribution in [2.24, 2.45) is 11.8 Å². The van der Waals surface area contributed by atoms with Crippen molar-refractivity contribution >= 4 is 10.0 Å². The van der Waals surface area contributed by atoms with Gasteiger partial charge < -0.3 is 5.32 Å². The number of hydrogen-bond donors (Lipinski definition) is 2. The van der Waals surface area contributed by atoms with Crippen LogP contribution in [0, 0.1) is 11.8 Å². The Balaban J connectivity index is 2.10. The van der Waals surface area contributed by atoms with Crippen LogP contribution in [0.2, 0.25) is 0 Å². The minimum absolute atomic E-state index is 0.0220. The quantitative estimate of drug-likeness (QED) is 0.864. The summed E-state index contributed by atoms with van der Waals surface area (Å²) in [5.41, 5.74) is 0.967. The van der Waals surface area contributed by atoms with Crippen LogP contribution in [0.1, 0.15) is 32.3 Å². The van der Waals surface area contributed by atoms with E-state index in [-0.39, 0.29) is 11.1 Å². The molecule has 0 radical (unpaired) electrons.